The Morgan fingerprint density at radius 3 is 2.17 bits per heavy atom. The van der Waals surface area contributed by atoms with Gasteiger partial charge in [0.25, 0.3) is 0 Å². The monoisotopic (exact) mass is 395 g/mol. The van der Waals surface area contributed by atoms with Crippen molar-refractivity contribution in [2.45, 2.75) is 0 Å². The molecule has 2 aliphatic rings. The molecular formula is C21H29N7O. The normalized spacial score (nSPS) is 18.0. The van der Waals surface area contributed by atoms with E-state index in [1.54, 1.807) is 12.4 Å². The van der Waals surface area contributed by atoms with Crippen molar-refractivity contribution >= 4 is 23.2 Å². The Morgan fingerprint density at radius 2 is 1.52 bits per heavy atom. The molecule has 1 amide bonds. The maximum absolute atomic E-state index is 12.6. The van der Waals surface area contributed by atoms with Crippen LogP contribution in [0.25, 0.3) is 0 Å². The van der Waals surface area contributed by atoms with Gasteiger partial charge in [-0.3, -0.25) is 4.79 Å². The van der Waals surface area contributed by atoms with E-state index in [2.05, 4.69) is 61.3 Å². The molecule has 1 aromatic carbocycles. The number of amides is 1. The van der Waals surface area contributed by atoms with Crippen LogP contribution in [0.2, 0.25) is 0 Å². The highest BCUT2D eigenvalue weighted by Crippen LogP contribution is 2.19. The Kier molecular flexibility index (Phi) is 6.09. The van der Waals surface area contributed by atoms with Crippen molar-refractivity contribution in [3.05, 3.63) is 42.7 Å². The number of likely N-dealkylation sites (N-methyl/N-ethyl adjacent to an activating group) is 1. The van der Waals surface area contributed by atoms with Crippen molar-refractivity contribution in [1.29, 1.82) is 0 Å². The van der Waals surface area contributed by atoms with Crippen LogP contribution in [-0.4, -0.2) is 91.6 Å². The third-order valence-corrected chi connectivity index (χ3v) is 5.65. The van der Waals surface area contributed by atoms with Gasteiger partial charge in [-0.1, -0.05) is 0 Å². The molecule has 2 aromatic rings. The summed E-state index contributed by atoms with van der Waals surface area (Å²) in [6, 6.07) is 10.2. The fraction of sp³-hybridized carbons (Fsp3) is 0.476. The number of benzene rings is 1. The van der Waals surface area contributed by atoms with Crippen molar-refractivity contribution in [3.63, 3.8) is 0 Å². The molecule has 4 rings (SSSR count). The third-order valence-electron chi connectivity index (χ3n) is 5.65. The molecule has 0 aliphatic carbocycles. The molecule has 0 bridgehead atoms. The van der Waals surface area contributed by atoms with Gasteiger partial charge in [0.15, 0.2) is 0 Å². The van der Waals surface area contributed by atoms with Gasteiger partial charge in [0, 0.05) is 76.1 Å². The average Bonchev–Trinajstić information content (AvgIpc) is 2.79. The Morgan fingerprint density at radius 1 is 0.897 bits per heavy atom. The number of hydrogen-bond acceptors (Lipinski definition) is 7. The largest absolute Gasteiger partial charge is 0.376 e. The SMILES string of the molecule is CN1CCN(c2ccc(NCC(=O)N3CCN(c4ncccn4)CC3)cc2)CC1. The van der Waals surface area contributed by atoms with Gasteiger partial charge in [-0.2, -0.15) is 0 Å². The molecule has 1 aromatic heterocycles. The van der Waals surface area contributed by atoms with E-state index in [0.717, 1.165) is 50.9 Å². The summed E-state index contributed by atoms with van der Waals surface area (Å²) in [5.74, 6) is 0.861. The predicted octanol–water partition coefficient (Wildman–Crippen LogP) is 0.989. The smallest absolute Gasteiger partial charge is 0.241 e. The Labute approximate surface area is 172 Å². The van der Waals surface area contributed by atoms with Crippen molar-refractivity contribution < 1.29 is 4.79 Å². The minimum atomic E-state index is 0.127. The average molecular weight is 396 g/mol. The molecule has 2 aliphatic heterocycles. The van der Waals surface area contributed by atoms with E-state index in [4.69, 9.17) is 0 Å². The summed E-state index contributed by atoms with van der Waals surface area (Å²) in [6.45, 7) is 7.53. The highest BCUT2D eigenvalue weighted by molar-refractivity contribution is 5.81. The van der Waals surface area contributed by atoms with Gasteiger partial charge in [-0.25, -0.2) is 9.97 Å². The van der Waals surface area contributed by atoms with E-state index in [1.807, 2.05) is 11.0 Å². The Bertz CT molecular complexity index is 782. The Hall–Kier alpha value is -2.87. The summed E-state index contributed by atoms with van der Waals surface area (Å²) < 4.78 is 0. The summed E-state index contributed by atoms with van der Waals surface area (Å²) in [6.07, 6.45) is 3.50. The van der Waals surface area contributed by atoms with Crippen molar-refractivity contribution in [2.24, 2.45) is 0 Å². The van der Waals surface area contributed by atoms with Crippen LogP contribution >= 0.6 is 0 Å². The van der Waals surface area contributed by atoms with Crippen LogP contribution in [0.1, 0.15) is 0 Å². The molecular weight excluding hydrogens is 366 g/mol. The predicted molar refractivity (Wildman–Crippen MR) is 115 cm³/mol. The standard InChI is InChI=1S/C21H29N7O/c1-25-9-11-26(12-10-25)19-5-3-18(4-6-19)24-17-20(29)27-13-15-28(16-14-27)21-22-7-2-8-23-21/h2-8,24H,9-17H2,1H3. The molecule has 0 atom stereocenters. The number of carbonyl (C=O) groups excluding carboxylic acids is 1. The van der Waals surface area contributed by atoms with E-state index in [-0.39, 0.29) is 5.91 Å². The number of piperazine rings is 2. The summed E-state index contributed by atoms with van der Waals surface area (Å²) in [7, 11) is 2.16. The van der Waals surface area contributed by atoms with E-state index in [1.165, 1.54) is 5.69 Å². The molecule has 1 N–H and O–H groups in total. The van der Waals surface area contributed by atoms with Gasteiger partial charge in [0.2, 0.25) is 11.9 Å². The van der Waals surface area contributed by atoms with E-state index in [9.17, 15) is 4.79 Å². The molecule has 154 valence electrons. The summed E-state index contributed by atoms with van der Waals surface area (Å²) in [5, 5.41) is 3.27. The second-order valence-corrected chi connectivity index (χ2v) is 7.61. The molecule has 8 nitrogen and oxygen atoms in total. The Balaban J connectivity index is 1.23. The highest BCUT2D eigenvalue weighted by atomic mass is 16.2. The summed E-state index contributed by atoms with van der Waals surface area (Å²) in [5.41, 5.74) is 2.22. The first-order valence-electron chi connectivity index (χ1n) is 10.3. The molecule has 29 heavy (non-hydrogen) atoms. The van der Waals surface area contributed by atoms with Crippen LogP contribution in [0.3, 0.4) is 0 Å². The van der Waals surface area contributed by atoms with Crippen molar-refractivity contribution in [1.82, 2.24) is 19.8 Å². The zero-order valence-electron chi connectivity index (χ0n) is 17.0. The number of nitrogens with zero attached hydrogens (tertiary/aromatic N) is 6. The molecule has 2 fully saturated rings. The molecule has 0 spiro atoms. The second-order valence-electron chi connectivity index (χ2n) is 7.61. The lowest BCUT2D eigenvalue weighted by atomic mass is 10.2. The third kappa shape index (κ3) is 4.95. The number of anilines is 3. The van der Waals surface area contributed by atoms with Crippen LogP contribution in [0.15, 0.2) is 42.7 Å². The lowest BCUT2D eigenvalue weighted by Crippen LogP contribution is -2.50. The van der Waals surface area contributed by atoms with Crippen LogP contribution in [0.5, 0.6) is 0 Å². The minimum absolute atomic E-state index is 0.127. The summed E-state index contributed by atoms with van der Waals surface area (Å²) in [4.78, 5) is 29.9. The second kappa shape index (κ2) is 9.09. The topological polar surface area (TPSA) is 67.8 Å². The van der Waals surface area contributed by atoms with E-state index >= 15 is 0 Å². The number of hydrogen-bond donors (Lipinski definition) is 1. The molecule has 3 heterocycles. The van der Waals surface area contributed by atoms with E-state index in [0.29, 0.717) is 19.6 Å². The number of rotatable bonds is 5. The quantitative estimate of drug-likeness (QED) is 0.810. The van der Waals surface area contributed by atoms with Gasteiger partial charge < -0.3 is 24.9 Å². The van der Waals surface area contributed by atoms with Crippen molar-refractivity contribution in [3.8, 4) is 0 Å². The maximum atomic E-state index is 12.6. The highest BCUT2D eigenvalue weighted by Gasteiger charge is 2.22. The van der Waals surface area contributed by atoms with Gasteiger partial charge in [-0.05, 0) is 37.4 Å². The van der Waals surface area contributed by atoms with Gasteiger partial charge in [0.1, 0.15) is 0 Å². The first-order valence-corrected chi connectivity index (χ1v) is 10.3. The number of carbonyl (C=O) groups is 1. The zero-order chi connectivity index (χ0) is 20.1. The lowest BCUT2D eigenvalue weighted by molar-refractivity contribution is -0.129. The van der Waals surface area contributed by atoms with Crippen LogP contribution in [-0.2, 0) is 4.79 Å². The van der Waals surface area contributed by atoms with E-state index < -0.39 is 0 Å². The van der Waals surface area contributed by atoms with Gasteiger partial charge >= 0.3 is 0 Å². The molecule has 2 saturated heterocycles. The molecule has 8 heteroatoms. The minimum Gasteiger partial charge on any atom is -0.376 e. The van der Waals surface area contributed by atoms with Crippen LogP contribution in [0.4, 0.5) is 17.3 Å². The van der Waals surface area contributed by atoms with Crippen LogP contribution < -0.4 is 15.1 Å². The van der Waals surface area contributed by atoms with Crippen LogP contribution in [0, 0.1) is 0 Å². The fourth-order valence-corrected chi connectivity index (χ4v) is 3.75. The molecule has 0 saturated carbocycles. The van der Waals surface area contributed by atoms with Gasteiger partial charge in [0.05, 0.1) is 6.54 Å². The summed E-state index contributed by atoms with van der Waals surface area (Å²) >= 11 is 0. The first-order chi connectivity index (χ1) is 14.2. The molecule has 0 unspecified atom stereocenters. The van der Waals surface area contributed by atoms with Gasteiger partial charge in [-0.15, -0.1) is 0 Å². The first kappa shape index (κ1) is 19.4. The molecule has 0 radical (unpaired) electrons. The maximum Gasteiger partial charge on any atom is 0.241 e. The zero-order valence-corrected chi connectivity index (χ0v) is 17.0. The number of nitrogens with one attached hydrogen (secondary N) is 1. The van der Waals surface area contributed by atoms with Crippen molar-refractivity contribution in [2.75, 3.05) is 81.1 Å². The number of aromatic nitrogens is 2. The fourth-order valence-electron chi connectivity index (χ4n) is 3.75. The lowest BCUT2D eigenvalue weighted by Gasteiger charge is -2.35.